The highest BCUT2D eigenvalue weighted by molar-refractivity contribution is 7.89. The summed E-state index contributed by atoms with van der Waals surface area (Å²) in [6.45, 7) is 9.35. The van der Waals surface area contributed by atoms with Crippen LogP contribution in [0.15, 0.2) is 29.2 Å². The summed E-state index contributed by atoms with van der Waals surface area (Å²) in [7, 11) is -3.35. The lowest BCUT2D eigenvalue weighted by atomic mass is 9.87. The normalized spacial score (nSPS) is 22.0. The zero-order valence-corrected chi connectivity index (χ0v) is 14.6. The molecule has 5 heteroatoms. The molecule has 0 radical (unpaired) electrons. The van der Waals surface area contributed by atoms with E-state index in [1.807, 2.05) is 12.1 Å². The average molecular weight is 322 g/mol. The molecule has 1 saturated carbocycles. The molecule has 3 rings (SSSR count). The molecular formula is C17H26N2O2S. The Bertz CT molecular complexity index is 620. The van der Waals surface area contributed by atoms with Gasteiger partial charge in [0.2, 0.25) is 10.0 Å². The number of hydrogen-bond donors (Lipinski definition) is 0. The topological polar surface area (TPSA) is 40.6 Å². The molecule has 0 bridgehead atoms. The van der Waals surface area contributed by atoms with E-state index >= 15 is 0 Å². The molecule has 122 valence electrons. The van der Waals surface area contributed by atoms with Crippen LogP contribution in [-0.4, -0.2) is 49.8 Å². The third-order valence-corrected chi connectivity index (χ3v) is 6.61. The van der Waals surface area contributed by atoms with Crippen molar-refractivity contribution in [3.8, 4) is 0 Å². The summed E-state index contributed by atoms with van der Waals surface area (Å²) in [6, 6.07) is 8.10. The van der Waals surface area contributed by atoms with E-state index in [1.54, 1.807) is 16.4 Å². The molecule has 0 amide bonds. The van der Waals surface area contributed by atoms with Crippen LogP contribution in [0.1, 0.15) is 39.2 Å². The number of rotatable bonds is 3. The fraction of sp³-hybridized carbons (Fsp3) is 0.647. The minimum absolute atomic E-state index is 0.0399. The van der Waals surface area contributed by atoms with Crippen molar-refractivity contribution in [3.05, 3.63) is 29.8 Å². The second-order valence-corrected chi connectivity index (χ2v) is 9.38. The largest absolute Gasteiger partial charge is 0.298 e. The zero-order chi connectivity index (χ0) is 16.0. The van der Waals surface area contributed by atoms with Crippen molar-refractivity contribution >= 4 is 10.0 Å². The van der Waals surface area contributed by atoms with Crippen LogP contribution in [-0.2, 0) is 15.4 Å². The van der Waals surface area contributed by atoms with Gasteiger partial charge in [-0.15, -0.1) is 0 Å². The predicted molar refractivity (Wildman–Crippen MR) is 88.5 cm³/mol. The smallest absolute Gasteiger partial charge is 0.243 e. The molecule has 0 N–H and O–H groups in total. The Kier molecular flexibility index (Phi) is 4.08. The van der Waals surface area contributed by atoms with Gasteiger partial charge >= 0.3 is 0 Å². The van der Waals surface area contributed by atoms with Crippen molar-refractivity contribution in [1.29, 1.82) is 0 Å². The monoisotopic (exact) mass is 322 g/mol. The minimum Gasteiger partial charge on any atom is -0.298 e. The predicted octanol–water partition coefficient (Wildman–Crippen LogP) is 2.45. The lowest BCUT2D eigenvalue weighted by Gasteiger charge is -2.34. The lowest BCUT2D eigenvalue weighted by molar-refractivity contribution is 0.180. The van der Waals surface area contributed by atoms with E-state index in [9.17, 15) is 8.42 Å². The van der Waals surface area contributed by atoms with Gasteiger partial charge < -0.3 is 0 Å². The highest BCUT2D eigenvalue weighted by atomic mass is 32.2. The molecule has 0 spiro atoms. The van der Waals surface area contributed by atoms with Crippen LogP contribution in [0.5, 0.6) is 0 Å². The first kappa shape index (κ1) is 16.0. The number of nitrogens with zero attached hydrogens (tertiary/aromatic N) is 2. The van der Waals surface area contributed by atoms with Gasteiger partial charge in [-0.25, -0.2) is 8.42 Å². The molecule has 1 aromatic carbocycles. The van der Waals surface area contributed by atoms with Gasteiger partial charge in [-0.3, -0.25) is 4.90 Å². The molecule has 1 saturated heterocycles. The first-order valence-electron chi connectivity index (χ1n) is 8.13. The van der Waals surface area contributed by atoms with Crippen LogP contribution < -0.4 is 0 Å². The summed E-state index contributed by atoms with van der Waals surface area (Å²) < 4.78 is 27.1. The van der Waals surface area contributed by atoms with E-state index in [0.29, 0.717) is 18.0 Å². The SMILES string of the molecule is CC(C)(C)c1ccc(S(=O)(=O)N2CCN(C3CC3)CC2)cc1. The summed E-state index contributed by atoms with van der Waals surface area (Å²) in [6.07, 6.45) is 2.56. The quantitative estimate of drug-likeness (QED) is 0.858. The molecule has 1 aromatic rings. The third kappa shape index (κ3) is 3.21. The van der Waals surface area contributed by atoms with Gasteiger partial charge in [-0.2, -0.15) is 4.31 Å². The zero-order valence-electron chi connectivity index (χ0n) is 13.7. The second-order valence-electron chi connectivity index (χ2n) is 7.45. The molecule has 0 unspecified atom stereocenters. The minimum atomic E-state index is -3.35. The first-order valence-corrected chi connectivity index (χ1v) is 9.57. The van der Waals surface area contributed by atoms with Crippen LogP contribution in [0, 0.1) is 0 Å². The van der Waals surface area contributed by atoms with E-state index in [1.165, 1.54) is 12.8 Å². The van der Waals surface area contributed by atoms with Crippen LogP contribution >= 0.6 is 0 Å². The van der Waals surface area contributed by atoms with Gasteiger partial charge in [0.05, 0.1) is 4.90 Å². The van der Waals surface area contributed by atoms with Crippen molar-refractivity contribution in [2.75, 3.05) is 26.2 Å². The molecule has 2 fully saturated rings. The molecule has 22 heavy (non-hydrogen) atoms. The Morgan fingerprint density at radius 1 is 0.955 bits per heavy atom. The second kappa shape index (κ2) is 5.62. The number of piperazine rings is 1. The molecule has 1 aliphatic heterocycles. The van der Waals surface area contributed by atoms with Crippen molar-refractivity contribution in [2.24, 2.45) is 0 Å². The molecule has 0 aromatic heterocycles. The van der Waals surface area contributed by atoms with Crippen molar-refractivity contribution in [3.63, 3.8) is 0 Å². The third-order valence-electron chi connectivity index (χ3n) is 4.69. The highest BCUT2D eigenvalue weighted by Crippen LogP contribution is 2.29. The van der Waals surface area contributed by atoms with Gasteiger partial charge in [0, 0.05) is 32.2 Å². The molecule has 2 aliphatic rings. The fourth-order valence-electron chi connectivity index (χ4n) is 3.02. The Hall–Kier alpha value is -0.910. The Labute approximate surface area is 134 Å². The summed E-state index contributed by atoms with van der Waals surface area (Å²) >= 11 is 0. The Balaban J connectivity index is 1.72. The van der Waals surface area contributed by atoms with Gasteiger partial charge in [-0.1, -0.05) is 32.9 Å². The summed E-state index contributed by atoms with van der Waals surface area (Å²) in [4.78, 5) is 2.84. The van der Waals surface area contributed by atoms with Crippen LogP contribution in [0.2, 0.25) is 0 Å². The first-order chi connectivity index (χ1) is 10.3. The molecular weight excluding hydrogens is 296 g/mol. The van der Waals surface area contributed by atoms with Crippen molar-refractivity contribution < 1.29 is 8.42 Å². The van der Waals surface area contributed by atoms with E-state index in [2.05, 4.69) is 25.7 Å². The average Bonchev–Trinajstić information content (AvgIpc) is 3.31. The number of sulfonamides is 1. The van der Waals surface area contributed by atoms with Gasteiger partial charge in [0.15, 0.2) is 0 Å². The van der Waals surface area contributed by atoms with Crippen LogP contribution in [0.4, 0.5) is 0 Å². The van der Waals surface area contributed by atoms with E-state index < -0.39 is 10.0 Å². The van der Waals surface area contributed by atoms with E-state index in [4.69, 9.17) is 0 Å². The fourth-order valence-corrected chi connectivity index (χ4v) is 4.45. The van der Waals surface area contributed by atoms with Gasteiger partial charge in [-0.05, 0) is 36.0 Å². The highest BCUT2D eigenvalue weighted by Gasteiger charge is 2.34. The summed E-state index contributed by atoms with van der Waals surface area (Å²) in [5, 5.41) is 0. The van der Waals surface area contributed by atoms with Gasteiger partial charge in [0.1, 0.15) is 0 Å². The van der Waals surface area contributed by atoms with Gasteiger partial charge in [0.25, 0.3) is 0 Å². The lowest BCUT2D eigenvalue weighted by Crippen LogP contribution is -2.49. The molecule has 0 atom stereocenters. The van der Waals surface area contributed by atoms with E-state index in [0.717, 1.165) is 24.7 Å². The standard InChI is InChI=1S/C17H26N2O2S/c1-17(2,3)14-4-8-16(9-5-14)22(20,21)19-12-10-18(11-13-19)15-6-7-15/h4-5,8-9,15H,6-7,10-13H2,1-3H3. The summed E-state index contributed by atoms with van der Waals surface area (Å²) in [5.74, 6) is 0. The maximum absolute atomic E-state index is 12.7. The Morgan fingerprint density at radius 3 is 1.95 bits per heavy atom. The Morgan fingerprint density at radius 2 is 1.50 bits per heavy atom. The van der Waals surface area contributed by atoms with Crippen molar-refractivity contribution in [2.45, 2.75) is 50.0 Å². The maximum Gasteiger partial charge on any atom is 0.243 e. The van der Waals surface area contributed by atoms with Crippen molar-refractivity contribution in [1.82, 2.24) is 9.21 Å². The molecule has 4 nitrogen and oxygen atoms in total. The summed E-state index contributed by atoms with van der Waals surface area (Å²) in [5.41, 5.74) is 1.20. The van der Waals surface area contributed by atoms with Crippen LogP contribution in [0.25, 0.3) is 0 Å². The number of benzene rings is 1. The molecule has 1 heterocycles. The number of hydrogen-bond acceptors (Lipinski definition) is 3. The maximum atomic E-state index is 12.7. The van der Waals surface area contributed by atoms with E-state index in [-0.39, 0.29) is 5.41 Å². The van der Waals surface area contributed by atoms with Crippen LogP contribution in [0.3, 0.4) is 0 Å². The molecule has 1 aliphatic carbocycles.